The number of thiocarbonyl (C=S) groups is 1. The van der Waals surface area contributed by atoms with E-state index in [0.717, 1.165) is 66.8 Å². The summed E-state index contributed by atoms with van der Waals surface area (Å²) in [5.74, 6) is 0. The standard InChI is InChI=1S/C27H32BrN5OS/c1-19-18-23(20(2)33(19)22-9-7-21(28)8-10-22)26-25(24-6-3-4-11-29-24)30-27(35)32(26)13-5-12-31-14-16-34-17-15-31/h3-4,6-11,18,25-26H,5,12-17H2,1-2H3,(H,30,35)/t25-,26-/m0/s1. The number of pyridine rings is 1. The Morgan fingerprint density at radius 1 is 1.09 bits per heavy atom. The molecule has 4 heterocycles. The van der Waals surface area contributed by atoms with Gasteiger partial charge in [0.25, 0.3) is 0 Å². The first-order valence-electron chi connectivity index (χ1n) is 12.3. The Kier molecular flexibility index (Phi) is 7.53. The summed E-state index contributed by atoms with van der Waals surface area (Å²) in [4.78, 5) is 9.57. The van der Waals surface area contributed by atoms with Gasteiger partial charge in [-0.3, -0.25) is 9.88 Å². The highest BCUT2D eigenvalue weighted by Crippen LogP contribution is 2.41. The van der Waals surface area contributed by atoms with Gasteiger partial charge in [-0.1, -0.05) is 22.0 Å². The molecule has 0 aliphatic carbocycles. The Hall–Kier alpha value is -2.26. The van der Waals surface area contributed by atoms with Gasteiger partial charge in [0.05, 0.1) is 31.0 Å². The van der Waals surface area contributed by atoms with E-state index in [4.69, 9.17) is 21.9 Å². The summed E-state index contributed by atoms with van der Waals surface area (Å²) in [5, 5.41) is 4.41. The number of ether oxygens (including phenoxy) is 1. The van der Waals surface area contributed by atoms with Gasteiger partial charge in [-0.05, 0) is 80.5 Å². The van der Waals surface area contributed by atoms with Crippen molar-refractivity contribution in [3.8, 4) is 5.69 Å². The second-order valence-corrected chi connectivity index (χ2v) is 10.6. The lowest BCUT2D eigenvalue weighted by Crippen LogP contribution is -2.39. The molecule has 8 heteroatoms. The van der Waals surface area contributed by atoms with Crippen LogP contribution in [0.5, 0.6) is 0 Å². The Morgan fingerprint density at radius 3 is 2.57 bits per heavy atom. The van der Waals surface area contributed by atoms with Crippen LogP contribution in [-0.4, -0.2) is 63.9 Å². The van der Waals surface area contributed by atoms with Crippen molar-refractivity contribution >= 4 is 33.3 Å². The van der Waals surface area contributed by atoms with Crippen molar-refractivity contribution in [3.63, 3.8) is 0 Å². The molecule has 2 aromatic heterocycles. The Bertz CT molecular complexity index is 1160. The van der Waals surface area contributed by atoms with Gasteiger partial charge in [0, 0.05) is 53.9 Å². The van der Waals surface area contributed by atoms with Crippen molar-refractivity contribution in [2.75, 3.05) is 39.4 Å². The summed E-state index contributed by atoms with van der Waals surface area (Å²) in [7, 11) is 0. The topological polar surface area (TPSA) is 45.6 Å². The van der Waals surface area contributed by atoms with E-state index in [1.807, 2.05) is 12.3 Å². The van der Waals surface area contributed by atoms with E-state index in [1.165, 1.54) is 17.0 Å². The van der Waals surface area contributed by atoms with Gasteiger partial charge in [0.15, 0.2) is 5.11 Å². The number of benzene rings is 1. The number of morpholine rings is 1. The van der Waals surface area contributed by atoms with Gasteiger partial charge >= 0.3 is 0 Å². The lowest BCUT2D eigenvalue weighted by molar-refractivity contribution is 0.0365. The molecule has 2 aliphatic rings. The molecule has 0 bridgehead atoms. The van der Waals surface area contributed by atoms with Gasteiger partial charge in [-0.2, -0.15) is 0 Å². The summed E-state index contributed by atoms with van der Waals surface area (Å²) in [6.07, 6.45) is 2.92. The minimum absolute atomic E-state index is 0.00551. The molecule has 35 heavy (non-hydrogen) atoms. The molecule has 1 aromatic carbocycles. The van der Waals surface area contributed by atoms with Crippen molar-refractivity contribution in [1.82, 2.24) is 24.7 Å². The number of nitrogens with zero attached hydrogens (tertiary/aromatic N) is 4. The lowest BCUT2D eigenvalue weighted by atomic mass is 9.96. The molecule has 3 aromatic rings. The predicted molar refractivity (Wildman–Crippen MR) is 147 cm³/mol. The SMILES string of the molecule is Cc1cc([C@H]2[C@H](c3ccccn3)NC(=S)N2CCCN2CCOCC2)c(C)n1-c1ccc(Br)cc1. The zero-order valence-electron chi connectivity index (χ0n) is 20.3. The normalized spacial score (nSPS) is 20.9. The fourth-order valence-electron chi connectivity index (χ4n) is 5.35. The van der Waals surface area contributed by atoms with Crippen LogP contribution < -0.4 is 5.32 Å². The fraction of sp³-hybridized carbons (Fsp3) is 0.407. The third-order valence-electron chi connectivity index (χ3n) is 7.05. The highest BCUT2D eigenvalue weighted by atomic mass is 79.9. The van der Waals surface area contributed by atoms with Crippen LogP contribution in [0, 0.1) is 13.8 Å². The first-order valence-corrected chi connectivity index (χ1v) is 13.5. The maximum atomic E-state index is 5.90. The number of rotatable bonds is 7. The van der Waals surface area contributed by atoms with Crippen molar-refractivity contribution in [1.29, 1.82) is 0 Å². The van der Waals surface area contributed by atoms with E-state index < -0.39 is 0 Å². The molecule has 0 unspecified atom stereocenters. The highest BCUT2D eigenvalue weighted by Gasteiger charge is 2.41. The average Bonchev–Trinajstić information content (AvgIpc) is 3.36. The lowest BCUT2D eigenvalue weighted by Gasteiger charge is -2.30. The van der Waals surface area contributed by atoms with E-state index in [-0.39, 0.29) is 12.1 Å². The second-order valence-electron chi connectivity index (χ2n) is 9.27. The zero-order valence-corrected chi connectivity index (χ0v) is 22.7. The van der Waals surface area contributed by atoms with Gasteiger partial charge in [0.1, 0.15) is 0 Å². The molecule has 2 aliphatic heterocycles. The fourth-order valence-corrected chi connectivity index (χ4v) is 5.94. The summed E-state index contributed by atoms with van der Waals surface area (Å²) in [5.41, 5.74) is 5.92. The molecule has 2 saturated heterocycles. The molecule has 0 radical (unpaired) electrons. The molecule has 184 valence electrons. The van der Waals surface area contributed by atoms with Gasteiger partial charge in [-0.15, -0.1) is 0 Å². The molecule has 6 nitrogen and oxygen atoms in total. The Morgan fingerprint density at radius 2 is 1.86 bits per heavy atom. The first-order chi connectivity index (χ1) is 17.0. The summed E-state index contributed by atoms with van der Waals surface area (Å²) < 4.78 is 8.93. The van der Waals surface area contributed by atoms with Crippen LogP contribution >= 0.6 is 28.1 Å². The molecular weight excluding hydrogens is 522 g/mol. The van der Waals surface area contributed by atoms with Gasteiger partial charge in [0.2, 0.25) is 0 Å². The van der Waals surface area contributed by atoms with Crippen molar-refractivity contribution < 1.29 is 4.74 Å². The summed E-state index contributed by atoms with van der Waals surface area (Å²) in [6, 6.07) is 17.0. The second kappa shape index (κ2) is 10.8. The minimum Gasteiger partial charge on any atom is -0.379 e. The molecular formula is C27H32BrN5OS. The number of hydrogen-bond donors (Lipinski definition) is 1. The highest BCUT2D eigenvalue weighted by molar-refractivity contribution is 9.10. The minimum atomic E-state index is 0.00551. The number of aryl methyl sites for hydroxylation is 1. The van der Waals surface area contributed by atoms with Crippen molar-refractivity contribution in [3.05, 3.63) is 81.8 Å². The predicted octanol–water partition coefficient (Wildman–Crippen LogP) is 4.95. The monoisotopic (exact) mass is 553 g/mol. The van der Waals surface area contributed by atoms with E-state index in [1.54, 1.807) is 0 Å². The van der Waals surface area contributed by atoms with Crippen LogP contribution in [0.3, 0.4) is 0 Å². The molecule has 1 N–H and O–H groups in total. The number of halogens is 1. The Labute approximate surface area is 221 Å². The molecule has 2 atom stereocenters. The molecule has 5 rings (SSSR count). The third kappa shape index (κ3) is 5.16. The maximum absolute atomic E-state index is 5.90. The van der Waals surface area contributed by atoms with E-state index in [9.17, 15) is 0 Å². The quantitative estimate of drug-likeness (QED) is 0.418. The molecule has 0 spiro atoms. The summed E-state index contributed by atoms with van der Waals surface area (Å²) >= 11 is 9.46. The van der Waals surface area contributed by atoms with Crippen LogP contribution in [-0.2, 0) is 4.74 Å². The first kappa shape index (κ1) is 24.4. The molecule has 2 fully saturated rings. The van der Waals surface area contributed by atoms with E-state index in [2.05, 4.69) is 91.9 Å². The number of hydrogen-bond acceptors (Lipinski definition) is 4. The van der Waals surface area contributed by atoms with Crippen molar-refractivity contribution in [2.45, 2.75) is 32.4 Å². The molecule has 0 saturated carbocycles. The Balaban J connectivity index is 1.47. The number of aromatic nitrogens is 2. The van der Waals surface area contributed by atoms with Crippen LogP contribution in [0.2, 0.25) is 0 Å². The number of nitrogens with one attached hydrogen (secondary N) is 1. The maximum Gasteiger partial charge on any atom is 0.170 e. The van der Waals surface area contributed by atoms with Crippen LogP contribution in [0.25, 0.3) is 5.69 Å². The summed E-state index contributed by atoms with van der Waals surface area (Å²) in [6.45, 7) is 10.0. The van der Waals surface area contributed by atoms with Crippen molar-refractivity contribution in [2.24, 2.45) is 0 Å². The smallest absolute Gasteiger partial charge is 0.170 e. The largest absolute Gasteiger partial charge is 0.379 e. The van der Waals surface area contributed by atoms with E-state index >= 15 is 0 Å². The average molecular weight is 555 g/mol. The third-order valence-corrected chi connectivity index (χ3v) is 7.93. The van der Waals surface area contributed by atoms with Crippen LogP contribution in [0.15, 0.2) is 59.2 Å². The van der Waals surface area contributed by atoms with E-state index in [0.29, 0.717) is 0 Å². The van der Waals surface area contributed by atoms with Gasteiger partial charge < -0.3 is 19.5 Å². The van der Waals surface area contributed by atoms with Crippen LogP contribution in [0.4, 0.5) is 0 Å². The molecule has 0 amide bonds. The van der Waals surface area contributed by atoms with Gasteiger partial charge in [-0.25, -0.2) is 0 Å². The zero-order chi connectivity index (χ0) is 24.4. The van der Waals surface area contributed by atoms with Crippen LogP contribution in [0.1, 0.15) is 41.1 Å².